The normalized spacial score (nSPS) is 12.8. The highest BCUT2D eigenvalue weighted by Gasteiger charge is 2.17. The average Bonchev–Trinajstić information content (AvgIpc) is 2.21. The van der Waals surface area contributed by atoms with Gasteiger partial charge in [-0.3, -0.25) is 4.79 Å². The first-order chi connectivity index (χ1) is 8.26. The van der Waals surface area contributed by atoms with E-state index in [0.717, 1.165) is 6.26 Å². The first-order valence-electron chi connectivity index (χ1n) is 5.68. The summed E-state index contributed by atoms with van der Waals surface area (Å²) in [4.78, 5) is 22.0. The number of carboxylic acid groups (broad SMARTS) is 1. The molecule has 18 heavy (non-hydrogen) atoms. The van der Waals surface area contributed by atoms with Crippen LogP contribution in [-0.2, 0) is 14.6 Å². The van der Waals surface area contributed by atoms with Crippen LogP contribution in [0.25, 0.3) is 0 Å². The zero-order valence-corrected chi connectivity index (χ0v) is 11.4. The minimum absolute atomic E-state index is 0.0101. The Kier molecular flexibility index (Phi) is 7.33. The van der Waals surface area contributed by atoms with Crippen LogP contribution in [0.1, 0.15) is 19.8 Å². The number of carboxylic acids is 1. The van der Waals surface area contributed by atoms with Gasteiger partial charge in [-0.15, -0.1) is 0 Å². The molecule has 7 nitrogen and oxygen atoms in total. The Balaban J connectivity index is 3.91. The van der Waals surface area contributed by atoms with E-state index in [0.29, 0.717) is 12.8 Å². The Bertz CT molecular complexity index is 380. The molecular weight excluding hydrogens is 260 g/mol. The average molecular weight is 280 g/mol. The summed E-state index contributed by atoms with van der Waals surface area (Å²) in [6, 6.07) is -0.555. The van der Waals surface area contributed by atoms with E-state index in [9.17, 15) is 18.0 Å². The molecule has 0 aliphatic heterocycles. The number of sulfone groups is 1. The molecule has 0 heterocycles. The first kappa shape index (κ1) is 16.7. The van der Waals surface area contributed by atoms with E-state index in [1.165, 1.54) is 0 Å². The van der Waals surface area contributed by atoms with Gasteiger partial charge in [-0.05, 0) is 6.42 Å². The van der Waals surface area contributed by atoms with Gasteiger partial charge in [0.15, 0.2) is 0 Å². The van der Waals surface area contributed by atoms with Gasteiger partial charge in [0.25, 0.3) is 0 Å². The van der Waals surface area contributed by atoms with Crippen molar-refractivity contribution in [1.29, 1.82) is 0 Å². The molecular formula is C10H20N2O5S. The van der Waals surface area contributed by atoms with Crippen LogP contribution in [0.15, 0.2) is 0 Å². The van der Waals surface area contributed by atoms with Crippen LogP contribution in [0.5, 0.6) is 0 Å². The molecule has 1 unspecified atom stereocenters. The number of carbonyl (C=O) groups is 2. The van der Waals surface area contributed by atoms with Crippen molar-refractivity contribution in [3.05, 3.63) is 0 Å². The van der Waals surface area contributed by atoms with Crippen molar-refractivity contribution in [2.24, 2.45) is 5.92 Å². The lowest BCUT2D eigenvalue weighted by atomic mass is 10.0. The number of rotatable bonds is 8. The van der Waals surface area contributed by atoms with E-state index < -0.39 is 27.8 Å². The molecule has 0 aliphatic carbocycles. The standard InChI is InChI=1S/C10H20N2O5S/c1-3-4-8(9(13)14)7-12-10(15)11-5-6-18(2,16)17/h8H,3-7H2,1-2H3,(H,13,14)(H2,11,12,15). The third kappa shape index (κ3) is 8.80. The van der Waals surface area contributed by atoms with Gasteiger partial charge in [0.2, 0.25) is 0 Å². The van der Waals surface area contributed by atoms with Crippen LogP contribution < -0.4 is 10.6 Å². The highest BCUT2D eigenvalue weighted by atomic mass is 32.2. The van der Waals surface area contributed by atoms with Crippen LogP contribution in [0.3, 0.4) is 0 Å². The van der Waals surface area contributed by atoms with Crippen LogP contribution in [-0.4, -0.2) is 50.6 Å². The molecule has 0 spiro atoms. The van der Waals surface area contributed by atoms with Crippen molar-refractivity contribution >= 4 is 21.8 Å². The molecule has 0 aromatic heterocycles. The fourth-order valence-corrected chi connectivity index (χ4v) is 1.76. The zero-order valence-electron chi connectivity index (χ0n) is 10.6. The lowest BCUT2D eigenvalue weighted by molar-refractivity contribution is -0.141. The number of hydrogen-bond donors (Lipinski definition) is 3. The van der Waals surface area contributed by atoms with Gasteiger partial charge in [-0.1, -0.05) is 13.3 Å². The summed E-state index contributed by atoms with van der Waals surface area (Å²) < 4.78 is 21.6. The van der Waals surface area contributed by atoms with Crippen LogP contribution >= 0.6 is 0 Å². The van der Waals surface area contributed by atoms with E-state index >= 15 is 0 Å². The van der Waals surface area contributed by atoms with Gasteiger partial charge < -0.3 is 15.7 Å². The van der Waals surface area contributed by atoms with Crippen molar-refractivity contribution in [1.82, 2.24) is 10.6 Å². The number of hydrogen-bond acceptors (Lipinski definition) is 4. The largest absolute Gasteiger partial charge is 0.481 e. The molecule has 0 rings (SSSR count). The van der Waals surface area contributed by atoms with E-state index in [-0.39, 0.29) is 18.8 Å². The lowest BCUT2D eigenvalue weighted by Crippen LogP contribution is -2.41. The molecule has 8 heteroatoms. The summed E-state index contributed by atoms with van der Waals surface area (Å²) in [5, 5.41) is 13.6. The molecule has 1 atom stereocenters. The van der Waals surface area contributed by atoms with E-state index in [1.807, 2.05) is 6.92 Å². The highest BCUT2D eigenvalue weighted by molar-refractivity contribution is 7.90. The Hall–Kier alpha value is -1.31. The summed E-state index contributed by atoms with van der Waals surface area (Å²) in [6.07, 6.45) is 2.28. The molecule has 0 fully saturated rings. The molecule has 0 saturated heterocycles. The SMILES string of the molecule is CCCC(CNC(=O)NCCS(C)(=O)=O)C(=O)O. The van der Waals surface area contributed by atoms with Crippen LogP contribution in [0, 0.1) is 5.92 Å². The van der Waals surface area contributed by atoms with Gasteiger partial charge in [0, 0.05) is 19.3 Å². The third-order valence-corrected chi connectivity index (χ3v) is 3.20. The summed E-state index contributed by atoms with van der Waals surface area (Å²) >= 11 is 0. The van der Waals surface area contributed by atoms with Gasteiger partial charge in [0.05, 0.1) is 11.7 Å². The molecule has 2 amide bonds. The number of aliphatic carboxylic acids is 1. The summed E-state index contributed by atoms with van der Waals surface area (Å²) in [5.74, 6) is -1.71. The molecule has 0 saturated carbocycles. The number of amides is 2. The second-order valence-corrected chi connectivity index (χ2v) is 6.35. The third-order valence-electron chi connectivity index (χ3n) is 2.25. The quantitative estimate of drug-likeness (QED) is 0.571. The van der Waals surface area contributed by atoms with Crippen molar-refractivity contribution in [2.45, 2.75) is 19.8 Å². The lowest BCUT2D eigenvalue weighted by Gasteiger charge is -2.12. The predicted molar refractivity (Wildman–Crippen MR) is 67.1 cm³/mol. The summed E-state index contributed by atoms with van der Waals surface area (Å²) in [6.45, 7) is 1.91. The highest BCUT2D eigenvalue weighted by Crippen LogP contribution is 2.04. The Morgan fingerprint density at radius 1 is 1.28 bits per heavy atom. The maximum absolute atomic E-state index is 11.3. The number of carbonyl (C=O) groups excluding carboxylic acids is 1. The summed E-state index contributed by atoms with van der Waals surface area (Å²) in [7, 11) is -3.11. The molecule has 106 valence electrons. The molecule has 0 bridgehead atoms. The fraction of sp³-hybridized carbons (Fsp3) is 0.800. The molecule has 0 aromatic rings. The van der Waals surface area contributed by atoms with Gasteiger partial charge in [0.1, 0.15) is 9.84 Å². The second kappa shape index (κ2) is 7.91. The first-order valence-corrected chi connectivity index (χ1v) is 7.74. The second-order valence-electron chi connectivity index (χ2n) is 4.09. The Morgan fingerprint density at radius 2 is 1.89 bits per heavy atom. The summed E-state index contributed by atoms with van der Waals surface area (Å²) in [5.41, 5.74) is 0. The molecule has 0 aromatic carbocycles. The molecule has 3 N–H and O–H groups in total. The van der Waals surface area contributed by atoms with Gasteiger partial charge in [-0.2, -0.15) is 0 Å². The number of urea groups is 1. The topological polar surface area (TPSA) is 113 Å². The van der Waals surface area contributed by atoms with Crippen molar-refractivity contribution in [3.8, 4) is 0 Å². The maximum atomic E-state index is 11.3. The minimum Gasteiger partial charge on any atom is -0.481 e. The van der Waals surface area contributed by atoms with Gasteiger partial charge >= 0.3 is 12.0 Å². The molecule has 0 aliphatic rings. The maximum Gasteiger partial charge on any atom is 0.314 e. The zero-order chi connectivity index (χ0) is 14.2. The van der Waals surface area contributed by atoms with Crippen molar-refractivity contribution in [3.63, 3.8) is 0 Å². The van der Waals surface area contributed by atoms with E-state index in [4.69, 9.17) is 5.11 Å². The van der Waals surface area contributed by atoms with Crippen LogP contribution in [0.4, 0.5) is 4.79 Å². The fourth-order valence-electron chi connectivity index (χ4n) is 1.29. The van der Waals surface area contributed by atoms with E-state index in [2.05, 4.69) is 10.6 Å². The smallest absolute Gasteiger partial charge is 0.314 e. The predicted octanol–water partition coefficient (Wildman–Crippen LogP) is -0.169. The molecule has 0 radical (unpaired) electrons. The van der Waals surface area contributed by atoms with Crippen molar-refractivity contribution in [2.75, 3.05) is 25.1 Å². The monoisotopic (exact) mass is 280 g/mol. The minimum atomic E-state index is -3.11. The Morgan fingerprint density at radius 3 is 2.33 bits per heavy atom. The number of nitrogens with one attached hydrogen (secondary N) is 2. The van der Waals surface area contributed by atoms with Crippen molar-refractivity contribution < 1.29 is 23.1 Å². The van der Waals surface area contributed by atoms with Gasteiger partial charge in [-0.25, -0.2) is 13.2 Å². The Labute approximate surface area is 107 Å². The van der Waals surface area contributed by atoms with E-state index in [1.54, 1.807) is 0 Å². The van der Waals surface area contributed by atoms with Crippen LogP contribution in [0.2, 0.25) is 0 Å².